The molecule has 19 heavy (non-hydrogen) atoms. The summed E-state index contributed by atoms with van der Waals surface area (Å²) in [7, 11) is 0. The molecular weight excluding hydrogens is 252 g/mol. The highest BCUT2D eigenvalue weighted by molar-refractivity contribution is 5.86. The van der Waals surface area contributed by atoms with Crippen molar-refractivity contribution < 1.29 is 24.2 Å². The topological polar surface area (TPSA) is 119 Å². The smallest absolute Gasteiger partial charge is 0.308 e. The zero-order chi connectivity index (χ0) is 15.0. The van der Waals surface area contributed by atoms with E-state index in [0.717, 1.165) is 0 Å². The Morgan fingerprint density at radius 3 is 2.37 bits per heavy atom. The number of esters is 1. The molecule has 0 aromatic heterocycles. The number of rotatable bonds is 8. The highest BCUT2D eigenvalue weighted by Gasteiger charge is 2.20. The number of nitrogens with one attached hydrogen (secondary N) is 1. The first-order chi connectivity index (χ1) is 8.77. The SMILES string of the molecule is CCC(C)C(=O)OC[C@H](C)NC(=O)[C@H](N)CC(=O)O. The summed E-state index contributed by atoms with van der Waals surface area (Å²) in [5, 5.41) is 11.0. The summed E-state index contributed by atoms with van der Waals surface area (Å²) in [4.78, 5) is 33.3. The monoisotopic (exact) mass is 274 g/mol. The third kappa shape index (κ3) is 7.40. The van der Waals surface area contributed by atoms with Gasteiger partial charge in [0.05, 0.1) is 24.4 Å². The van der Waals surface area contributed by atoms with Crippen molar-refractivity contribution in [2.45, 2.75) is 45.7 Å². The van der Waals surface area contributed by atoms with Crippen molar-refractivity contribution >= 4 is 17.8 Å². The second-order valence-corrected chi connectivity index (χ2v) is 4.55. The maximum atomic E-state index is 11.5. The molecule has 0 saturated carbocycles. The van der Waals surface area contributed by atoms with Gasteiger partial charge in [-0.15, -0.1) is 0 Å². The first-order valence-corrected chi connectivity index (χ1v) is 6.22. The molecule has 0 aliphatic rings. The van der Waals surface area contributed by atoms with Gasteiger partial charge in [0.1, 0.15) is 6.61 Å². The van der Waals surface area contributed by atoms with Crippen LogP contribution in [0.4, 0.5) is 0 Å². The lowest BCUT2D eigenvalue weighted by atomic mass is 10.1. The predicted molar refractivity (Wildman–Crippen MR) is 68.2 cm³/mol. The molecule has 1 unspecified atom stereocenters. The van der Waals surface area contributed by atoms with E-state index in [-0.39, 0.29) is 18.5 Å². The standard InChI is InChI=1S/C12H22N2O5/c1-4-7(2)12(18)19-6-8(3)14-11(17)9(13)5-10(15)16/h7-9H,4-6,13H2,1-3H3,(H,14,17)(H,15,16)/t7?,8-,9+/m0/s1. The molecule has 0 rings (SSSR count). The van der Waals surface area contributed by atoms with Crippen LogP contribution in [0, 0.1) is 5.92 Å². The molecule has 0 heterocycles. The van der Waals surface area contributed by atoms with Crippen molar-refractivity contribution in [3.8, 4) is 0 Å². The number of carboxylic acids is 1. The molecule has 0 aliphatic heterocycles. The third-order valence-electron chi connectivity index (χ3n) is 2.61. The molecule has 0 aliphatic carbocycles. The maximum Gasteiger partial charge on any atom is 0.308 e. The Labute approximate surface area is 112 Å². The van der Waals surface area contributed by atoms with Gasteiger partial charge in [-0.25, -0.2) is 0 Å². The summed E-state index contributed by atoms with van der Waals surface area (Å²) in [6, 6.07) is -1.52. The summed E-state index contributed by atoms with van der Waals surface area (Å²) in [5.74, 6) is -2.22. The largest absolute Gasteiger partial charge is 0.481 e. The molecule has 0 bridgehead atoms. The second kappa shape index (κ2) is 8.47. The Morgan fingerprint density at radius 2 is 1.89 bits per heavy atom. The fourth-order valence-corrected chi connectivity index (χ4v) is 1.19. The third-order valence-corrected chi connectivity index (χ3v) is 2.61. The Kier molecular flexibility index (Phi) is 7.74. The number of amides is 1. The lowest BCUT2D eigenvalue weighted by Crippen LogP contribution is -2.47. The van der Waals surface area contributed by atoms with Crippen LogP contribution in [0.15, 0.2) is 0 Å². The number of hydrogen-bond donors (Lipinski definition) is 3. The van der Waals surface area contributed by atoms with Gasteiger partial charge < -0.3 is 20.9 Å². The van der Waals surface area contributed by atoms with E-state index in [9.17, 15) is 14.4 Å². The molecule has 3 atom stereocenters. The van der Waals surface area contributed by atoms with Gasteiger partial charge in [-0.1, -0.05) is 13.8 Å². The van der Waals surface area contributed by atoms with Gasteiger partial charge in [-0.2, -0.15) is 0 Å². The molecule has 7 heteroatoms. The Bertz CT molecular complexity index is 332. The van der Waals surface area contributed by atoms with Crippen LogP contribution in [0.1, 0.15) is 33.6 Å². The van der Waals surface area contributed by atoms with Gasteiger partial charge >= 0.3 is 11.9 Å². The van der Waals surface area contributed by atoms with Crippen LogP contribution in [-0.2, 0) is 19.1 Å². The molecule has 0 spiro atoms. The van der Waals surface area contributed by atoms with Gasteiger partial charge in [0.15, 0.2) is 0 Å². The van der Waals surface area contributed by atoms with Crippen LogP contribution in [-0.4, -0.2) is 41.6 Å². The fourth-order valence-electron chi connectivity index (χ4n) is 1.19. The molecule has 110 valence electrons. The summed E-state index contributed by atoms with van der Waals surface area (Å²) in [6.45, 7) is 5.32. The minimum atomic E-state index is -1.14. The summed E-state index contributed by atoms with van der Waals surface area (Å²) in [5.41, 5.74) is 5.39. The molecule has 1 amide bonds. The number of hydrogen-bond acceptors (Lipinski definition) is 5. The fraction of sp³-hybridized carbons (Fsp3) is 0.750. The van der Waals surface area contributed by atoms with Crippen molar-refractivity contribution in [3.05, 3.63) is 0 Å². The number of aliphatic carboxylic acids is 1. The predicted octanol–water partition coefficient (Wildman–Crippen LogP) is -0.118. The highest BCUT2D eigenvalue weighted by atomic mass is 16.5. The maximum absolute atomic E-state index is 11.5. The first-order valence-electron chi connectivity index (χ1n) is 6.22. The lowest BCUT2D eigenvalue weighted by Gasteiger charge is -2.17. The van der Waals surface area contributed by atoms with Gasteiger partial charge in [0.25, 0.3) is 0 Å². The van der Waals surface area contributed by atoms with E-state index in [4.69, 9.17) is 15.6 Å². The molecule has 0 aromatic rings. The minimum Gasteiger partial charge on any atom is -0.481 e. The highest BCUT2D eigenvalue weighted by Crippen LogP contribution is 2.03. The Balaban J connectivity index is 4.04. The molecule has 4 N–H and O–H groups in total. The second-order valence-electron chi connectivity index (χ2n) is 4.55. The van der Waals surface area contributed by atoms with Gasteiger partial charge in [0.2, 0.25) is 5.91 Å². The molecule has 0 radical (unpaired) electrons. The van der Waals surface area contributed by atoms with Gasteiger partial charge in [-0.3, -0.25) is 14.4 Å². The Morgan fingerprint density at radius 1 is 1.32 bits per heavy atom. The number of carbonyl (C=O) groups excluding carboxylic acids is 2. The van der Waals surface area contributed by atoms with Crippen LogP contribution in [0.3, 0.4) is 0 Å². The number of nitrogens with two attached hydrogens (primary N) is 1. The van der Waals surface area contributed by atoms with Crippen LogP contribution in [0.5, 0.6) is 0 Å². The van der Waals surface area contributed by atoms with Crippen molar-refractivity contribution in [3.63, 3.8) is 0 Å². The van der Waals surface area contributed by atoms with E-state index in [1.807, 2.05) is 6.92 Å². The zero-order valence-corrected chi connectivity index (χ0v) is 11.5. The van der Waals surface area contributed by atoms with E-state index < -0.39 is 30.4 Å². The Hall–Kier alpha value is -1.63. The van der Waals surface area contributed by atoms with Gasteiger partial charge in [-0.05, 0) is 13.3 Å². The first kappa shape index (κ1) is 17.4. The average Bonchev–Trinajstić information content (AvgIpc) is 2.33. The van der Waals surface area contributed by atoms with Crippen LogP contribution >= 0.6 is 0 Å². The van der Waals surface area contributed by atoms with Crippen LogP contribution < -0.4 is 11.1 Å². The van der Waals surface area contributed by atoms with Crippen LogP contribution in [0.2, 0.25) is 0 Å². The molecule has 0 aromatic carbocycles. The summed E-state index contributed by atoms with van der Waals surface area (Å²) < 4.78 is 5.01. The number of ether oxygens (including phenoxy) is 1. The van der Waals surface area contributed by atoms with Crippen molar-refractivity contribution in [2.24, 2.45) is 11.7 Å². The van der Waals surface area contributed by atoms with Crippen molar-refractivity contribution in [2.75, 3.05) is 6.61 Å². The van der Waals surface area contributed by atoms with E-state index in [0.29, 0.717) is 6.42 Å². The number of carbonyl (C=O) groups is 3. The summed E-state index contributed by atoms with van der Waals surface area (Å²) >= 11 is 0. The van der Waals surface area contributed by atoms with E-state index in [1.54, 1.807) is 13.8 Å². The van der Waals surface area contributed by atoms with E-state index >= 15 is 0 Å². The summed E-state index contributed by atoms with van der Waals surface area (Å²) in [6.07, 6.45) is 0.244. The zero-order valence-electron chi connectivity index (χ0n) is 11.5. The average molecular weight is 274 g/mol. The van der Waals surface area contributed by atoms with Crippen LogP contribution in [0.25, 0.3) is 0 Å². The number of carboxylic acid groups (broad SMARTS) is 1. The van der Waals surface area contributed by atoms with Gasteiger partial charge in [0, 0.05) is 0 Å². The van der Waals surface area contributed by atoms with E-state index in [1.165, 1.54) is 0 Å². The molecule has 7 nitrogen and oxygen atoms in total. The molecule has 0 fully saturated rings. The van der Waals surface area contributed by atoms with Crippen molar-refractivity contribution in [1.82, 2.24) is 5.32 Å². The molecule has 0 saturated heterocycles. The van der Waals surface area contributed by atoms with Crippen molar-refractivity contribution in [1.29, 1.82) is 0 Å². The van der Waals surface area contributed by atoms with E-state index in [2.05, 4.69) is 5.32 Å². The minimum absolute atomic E-state index is 0.0364. The molecular formula is C12H22N2O5. The normalized spacial score (nSPS) is 15.2. The quantitative estimate of drug-likeness (QED) is 0.531. The lowest BCUT2D eigenvalue weighted by molar-refractivity contribution is -0.149.